The lowest BCUT2D eigenvalue weighted by Gasteiger charge is -2.34. The molecule has 166 valence electrons. The van der Waals surface area contributed by atoms with E-state index in [1.807, 2.05) is 33.7 Å². The van der Waals surface area contributed by atoms with Gasteiger partial charge in [0.05, 0.1) is 5.56 Å². The average molecular weight is 424 g/mol. The molecule has 2 amide bonds. The van der Waals surface area contributed by atoms with E-state index in [1.165, 1.54) is 12.8 Å². The summed E-state index contributed by atoms with van der Waals surface area (Å²) >= 11 is 0. The van der Waals surface area contributed by atoms with Gasteiger partial charge in [-0.15, -0.1) is 0 Å². The Bertz CT molecular complexity index is 956. The van der Waals surface area contributed by atoms with E-state index in [2.05, 4.69) is 6.92 Å². The van der Waals surface area contributed by atoms with Gasteiger partial charge in [0.25, 0.3) is 11.7 Å². The van der Waals surface area contributed by atoms with Gasteiger partial charge in [-0.05, 0) is 44.6 Å². The number of hydrogen-bond donors (Lipinski definition) is 0. The zero-order valence-electron chi connectivity index (χ0n) is 18.5. The van der Waals surface area contributed by atoms with Crippen LogP contribution in [0.1, 0.15) is 68.6 Å². The molecule has 2 aliphatic rings. The summed E-state index contributed by atoms with van der Waals surface area (Å²) in [5, 5.41) is 0.745. The van der Waals surface area contributed by atoms with E-state index < -0.39 is 11.7 Å². The second kappa shape index (κ2) is 9.67. The van der Waals surface area contributed by atoms with Crippen LogP contribution in [0, 0.1) is 0 Å². The molecule has 4 rings (SSSR count). The minimum absolute atomic E-state index is 0.0788. The smallest absolute Gasteiger partial charge is 0.295 e. The first kappa shape index (κ1) is 21.6. The quantitative estimate of drug-likeness (QED) is 0.539. The number of carbonyl (C=O) groups excluding carboxylic acids is 3. The number of carbonyl (C=O) groups is 3. The second-order valence-electron chi connectivity index (χ2n) is 8.87. The lowest BCUT2D eigenvalue weighted by atomic mass is 9.98. The lowest BCUT2D eigenvalue weighted by molar-refractivity contribution is -0.131. The van der Waals surface area contributed by atoms with Gasteiger partial charge in [0.2, 0.25) is 5.91 Å². The predicted octanol–water partition coefficient (Wildman–Crippen LogP) is 4.02. The van der Waals surface area contributed by atoms with E-state index >= 15 is 0 Å². The number of Topliss-reactive ketones (excluding diaryl/α,β-unsaturated/α-hetero) is 1. The molecule has 0 radical (unpaired) electrons. The number of benzene rings is 1. The molecule has 0 spiro atoms. The normalized spacial score (nSPS) is 20.0. The highest BCUT2D eigenvalue weighted by Crippen LogP contribution is 2.25. The average Bonchev–Trinajstić information content (AvgIpc) is 2.97. The number of amides is 2. The van der Waals surface area contributed by atoms with Gasteiger partial charge in [0, 0.05) is 42.8 Å². The van der Waals surface area contributed by atoms with E-state index in [4.69, 9.17) is 0 Å². The lowest BCUT2D eigenvalue weighted by Crippen LogP contribution is -2.46. The first-order valence-corrected chi connectivity index (χ1v) is 11.8. The van der Waals surface area contributed by atoms with Crippen molar-refractivity contribution in [2.24, 2.45) is 0 Å². The second-order valence-corrected chi connectivity index (χ2v) is 8.87. The van der Waals surface area contributed by atoms with Gasteiger partial charge in [0.1, 0.15) is 6.54 Å². The summed E-state index contributed by atoms with van der Waals surface area (Å²) in [6, 6.07) is 7.71. The number of aromatic nitrogens is 1. The minimum atomic E-state index is -0.461. The van der Waals surface area contributed by atoms with Crippen molar-refractivity contribution in [2.45, 2.75) is 70.9 Å². The first-order chi connectivity index (χ1) is 15.1. The summed E-state index contributed by atoms with van der Waals surface area (Å²) in [6.07, 6.45) is 10.0. The van der Waals surface area contributed by atoms with Gasteiger partial charge in [-0.3, -0.25) is 14.4 Å². The molecule has 6 nitrogen and oxygen atoms in total. The van der Waals surface area contributed by atoms with Crippen LogP contribution in [0.3, 0.4) is 0 Å². The SMILES string of the molecule is CC[C@H]1CCCCN1C(=O)C(=O)c1cn(CC(=O)N2CCCCCC2)c2ccccc12. The van der Waals surface area contributed by atoms with Crippen molar-refractivity contribution in [2.75, 3.05) is 19.6 Å². The molecule has 2 fully saturated rings. The van der Waals surface area contributed by atoms with E-state index in [0.29, 0.717) is 12.1 Å². The molecule has 2 aliphatic heterocycles. The first-order valence-electron chi connectivity index (χ1n) is 11.8. The Hall–Kier alpha value is -2.63. The van der Waals surface area contributed by atoms with Crippen molar-refractivity contribution in [3.63, 3.8) is 0 Å². The van der Waals surface area contributed by atoms with Crippen LogP contribution < -0.4 is 0 Å². The Balaban J connectivity index is 1.59. The molecular weight excluding hydrogens is 390 g/mol. The van der Waals surface area contributed by atoms with Gasteiger partial charge in [-0.1, -0.05) is 38.0 Å². The van der Waals surface area contributed by atoms with E-state index in [9.17, 15) is 14.4 Å². The molecule has 2 saturated heterocycles. The summed E-state index contributed by atoms with van der Waals surface area (Å²) in [4.78, 5) is 43.0. The Kier molecular flexibility index (Phi) is 6.73. The number of piperidine rings is 1. The Morgan fingerprint density at radius 1 is 0.935 bits per heavy atom. The minimum Gasteiger partial charge on any atom is -0.341 e. The number of hydrogen-bond acceptors (Lipinski definition) is 3. The number of likely N-dealkylation sites (tertiary alicyclic amines) is 2. The highest BCUT2D eigenvalue weighted by Gasteiger charge is 2.32. The van der Waals surface area contributed by atoms with Gasteiger partial charge in [-0.25, -0.2) is 0 Å². The molecular formula is C25H33N3O3. The predicted molar refractivity (Wildman–Crippen MR) is 121 cm³/mol. The fraction of sp³-hybridized carbons (Fsp3) is 0.560. The molecule has 0 saturated carbocycles. The van der Waals surface area contributed by atoms with Crippen LogP contribution in [-0.2, 0) is 16.1 Å². The molecule has 0 N–H and O–H groups in total. The monoisotopic (exact) mass is 423 g/mol. The largest absolute Gasteiger partial charge is 0.341 e. The van der Waals surface area contributed by atoms with Gasteiger partial charge in [0.15, 0.2) is 0 Å². The third-order valence-corrected chi connectivity index (χ3v) is 6.85. The van der Waals surface area contributed by atoms with Crippen LogP contribution in [0.5, 0.6) is 0 Å². The molecule has 0 aliphatic carbocycles. The molecule has 31 heavy (non-hydrogen) atoms. The fourth-order valence-electron chi connectivity index (χ4n) is 5.06. The van der Waals surface area contributed by atoms with Gasteiger partial charge in [-0.2, -0.15) is 0 Å². The number of ketones is 1. The summed E-state index contributed by atoms with van der Waals surface area (Å²) < 4.78 is 1.84. The third-order valence-electron chi connectivity index (χ3n) is 6.85. The summed E-state index contributed by atoms with van der Waals surface area (Å²) in [5.74, 6) is -0.791. The van der Waals surface area contributed by atoms with Crippen molar-refractivity contribution < 1.29 is 14.4 Å². The standard InChI is InChI=1S/C25H33N3O3/c1-2-19-11-7-10-16-28(19)25(31)24(30)21-17-27(22-13-6-5-12-20(21)22)18-23(29)26-14-8-3-4-9-15-26/h5-6,12-13,17,19H,2-4,7-11,14-16,18H2,1H3/t19-/m0/s1. The van der Waals surface area contributed by atoms with Crippen LogP contribution in [0.4, 0.5) is 0 Å². The summed E-state index contributed by atoms with van der Waals surface area (Å²) in [5.41, 5.74) is 1.23. The van der Waals surface area contributed by atoms with E-state index in [-0.39, 0.29) is 18.5 Å². The summed E-state index contributed by atoms with van der Waals surface area (Å²) in [6.45, 7) is 4.52. The number of rotatable bonds is 5. The molecule has 6 heteroatoms. The topological polar surface area (TPSA) is 62.6 Å². The molecule has 3 heterocycles. The van der Waals surface area contributed by atoms with Crippen LogP contribution in [-0.4, -0.2) is 57.6 Å². The van der Waals surface area contributed by atoms with E-state index in [1.54, 1.807) is 11.1 Å². The summed E-state index contributed by atoms with van der Waals surface area (Å²) in [7, 11) is 0. The van der Waals surface area contributed by atoms with Gasteiger partial charge >= 0.3 is 0 Å². The van der Waals surface area contributed by atoms with Crippen molar-refractivity contribution in [3.05, 3.63) is 36.0 Å². The molecule has 1 aromatic heterocycles. The van der Waals surface area contributed by atoms with Crippen molar-refractivity contribution in [3.8, 4) is 0 Å². The van der Waals surface area contributed by atoms with Crippen molar-refractivity contribution in [1.29, 1.82) is 0 Å². The maximum atomic E-state index is 13.3. The van der Waals surface area contributed by atoms with Crippen LogP contribution >= 0.6 is 0 Å². The molecule has 0 bridgehead atoms. The van der Waals surface area contributed by atoms with Crippen molar-refractivity contribution in [1.82, 2.24) is 14.4 Å². The van der Waals surface area contributed by atoms with Crippen LogP contribution in [0.15, 0.2) is 30.5 Å². The Morgan fingerprint density at radius 3 is 2.39 bits per heavy atom. The maximum absolute atomic E-state index is 13.3. The molecule has 2 aromatic rings. The fourth-order valence-corrected chi connectivity index (χ4v) is 5.06. The number of nitrogens with zero attached hydrogens (tertiary/aromatic N) is 3. The molecule has 1 atom stereocenters. The highest BCUT2D eigenvalue weighted by molar-refractivity contribution is 6.45. The van der Waals surface area contributed by atoms with Crippen LogP contribution in [0.25, 0.3) is 10.9 Å². The molecule has 0 unspecified atom stereocenters. The number of para-hydroxylation sites is 1. The van der Waals surface area contributed by atoms with Gasteiger partial charge < -0.3 is 14.4 Å². The van der Waals surface area contributed by atoms with E-state index in [0.717, 1.165) is 62.5 Å². The number of fused-ring (bicyclic) bond motifs is 1. The zero-order chi connectivity index (χ0) is 21.8. The third kappa shape index (κ3) is 4.53. The van der Waals surface area contributed by atoms with Crippen molar-refractivity contribution >= 4 is 28.5 Å². The maximum Gasteiger partial charge on any atom is 0.295 e. The molecule has 1 aromatic carbocycles. The Morgan fingerprint density at radius 2 is 1.65 bits per heavy atom. The van der Waals surface area contributed by atoms with Crippen LogP contribution in [0.2, 0.25) is 0 Å². The Labute approximate surface area is 184 Å². The highest BCUT2D eigenvalue weighted by atomic mass is 16.2. The zero-order valence-corrected chi connectivity index (χ0v) is 18.5.